The van der Waals surface area contributed by atoms with E-state index in [0.29, 0.717) is 43.9 Å². The number of rotatable bonds is 3. The lowest BCUT2D eigenvalue weighted by Crippen LogP contribution is -2.50. The van der Waals surface area contributed by atoms with Crippen LogP contribution in [0.4, 0.5) is 10.1 Å². The van der Waals surface area contributed by atoms with Crippen molar-refractivity contribution in [3.8, 4) is 0 Å². The van der Waals surface area contributed by atoms with Gasteiger partial charge >= 0.3 is 0 Å². The molecule has 3 heterocycles. The van der Waals surface area contributed by atoms with Crippen molar-refractivity contribution in [3.05, 3.63) is 64.5 Å². The smallest absolute Gasteiger partial charge is 0.283 e. The molecule has 1 aromatic carbocycles. The van der Waals surface area contributed by atoms with Crippen molar-refractivity contribution in [1.29, 1.82) is 0 Å². The van der Waals surface area contributed by atoms with Gasteiger partial charge in [0.25, 0.3) is 11.5 Å². The Hall–Kier alpha value is -3.29. The van der Waals surface area contributed by atoms with Gasteiger partial charge in [-0.3, -0.25) is 14.2 Å². The van der Waals surface area contributed by atoms with E-state index in [4.69, 9.17) is 0 Å². The second kappa shape index (κ2) is 7.38. The molecule has 144 valence electrons. The van der Waals surface area contributed by atoms with E-state index in [-0.39, 0.29) is 17.4 Å². The Labute approximate surface area is 161 Å². The number of pyridine rings is 1. The maximum Gasteiger partial charge on any atom is 0.283 e. The topological polar surface area (TPSA) is 71.3 Å². The molecular formula is C20H20FN5O2. The van der Waals surface area contributed by atoms with E-state index in [1.807, 2.05) is 6.92 Å². The summed E-state index contributed by atoms with van der Waals surface area (Å²) in [5, 5.41) is 0. The minimum atomic E-state index is -0.417. The molecule has 0 bridgehead atoms. The first-order valence-corrected chi connectivity index (χ1v) is 9.24. The van der Waals surface area contributed by atoms with Gasteiger partial charge in [0.15, 0.2) is 11.3 Å². The first-order valence-electron chi connectivity index (χ1n) is 9.24. The summed E-state index contributed by atoms with van der Waals surface area (Å²) < 4.78 is 14.6. The van der Waals surface area contributed by atoms with Gasteiger partial charge in [-0.2, -0.15) is 0 Å². The normalized spacial score (nSPS) is 14.5. The highest BCUT2D eigenvalue weighted by Crippen LogP contribution is 2.17. The van der Waals surface area contributed by atoms with Crippen LogP contribution in [0.5, 0.6) is 0 Å². The molecule has 0 radical (unpaired) electrons. The summed E-state index contributed by atoms with van der Waals surface area (Å²) in [5.41, 5.74) is 1.43. The van der Waals surface area contributed by atoms with Crippen molar-refractivity contribution in [3.63, 3.8) is 0 Å². The Morgan fingerprint density at radius 3 is 2.50 bits per heavy atom. The second-order valence-electron chi connectivity index (χ2n) is 6.61. The number of carbonyl (C=O) groups excluding carboxylic acids is 1. The molecule has 0 saturated carbocycles. The number of aryl methyl sites for hydroxylation is 1. The third kappa shape index (κ3) is 3.21. The van der Waals surface area contributed by atoms with Crippen LogP contribution in [-0.4, -0.2) is 51.5 Å². The van der Waals surface area contributed by atoms with E-state index in [1.165, 1.54) is 16.7 Å². The average Bonchev–Trinajstić information content (AvgIpc) is 2.73. The summed E-state index contributed by atoms with van der Waals surface area (Å²) in [4.78, 5) is 38.0. The van der Waals surface area contributed by atoms with E-state index in [0.717, 1.165) is 5.69 Å². The quantitative estimate of drug-likeness (QED) is 0.693. The molecule has 0 spiro atoms. The van der Waals surface area contributed by atoms with E-state index < -0.39 is 5.56 Å². The largest absolute Gasteiger partial charge is 0.368 e. The number of amides is 1. The summed E-state index contributed by atoms with van der Waals surface area (Å²) >= 11 is 0. The molecule has 0 aliphatic carbocycles. The van der Waals surface area contributed by atoms with Crippen LogP contribution in [0.25, 0.3) is 11.2 Å². The molecule has 7 nitrogen and oxygen atoms in total. The molecule has 3 aromatic rings. The summed E-state index contributed by atoms with van der Waals surface area (Å²) in [7, 11) is 0. The Morgan fingerprint density at radius 1 is 1.11 bits per heavy atom. The molecule has 1 fully saturated rings. The minimum absolute atomic E-state index is 0.0717. The number of hydrogen-bond donors (Lipinski definition) is 0. The third-order valence-corrected chi connectivity index (χ3v) is 4.98. The van der Waals surface area contributed by atoms with Gasteiger partial charge in [0.2, 0.25) is 0 Å². The van der Waals surface area contributed by atoms with Crippen molar-refractivity contribution < 1.29 is 9.18 Å². The molecule has 0 unspecified atom stereocenters. The Bertz CT molecular complexity index is 1070. The lowest BCUT2D eigenvalue weighted by atomic mass is 10.2. The van der Waals surface area contributed by atoms with Crippen LogP contribution in [0.2, 0.25) is 0 Å². The lowest BCUT2D eigenvalue weighted by molar-refractivity contribution is 0.0738. The molecule has 1 saturated heterocycles. The van der Waals surface area contributed by atoms with Gasteiger partial charge in [-0.25, -0.2) is 14.4 Å². The first kappa shape index (κ1) is 18.1. The maximum atomic E-state index is 13.1. The van der Waals surface area contributed by atoms with Crippen molar-refractivity contribution in [1.82, 2.24) is 19.4 Å². The van der Waals surface area contributed by atoms with Crippen molar-refractivity contribution in [2.45, 2.75) is 13.5 Å². The van der Waals surface area contributed by atoms with Gasteiger partial charge in [0.1, 0.15) is 11.3 Å². The molecule has 8 heteroatoms. The molecule has 2 aromatic heterocycles. The Kier molecular flexibility index (Phi) is 4.77. The summed E-state index contributed by atoms with van der Waals surface area (Å²) in [6, 6.07) is 9.78. The first-order chi connectivity index (χ1) is 13.6. The van der Waals surface area contributed by atoms with Crippen LogP contribution in [0.15, 0.2) is 47.4 Å². The van der Waals surface area contributed by atoms with Gasteiger partial charge in [-0.05, 0) is 43.3 Å². The van der Waals surface area contributed by atoms with Crippen LogP contribution in [0.1, 0.15) is 17.4 Å². The van der Waals surface area contributed by atoms with Gasteiger partial charge in [0, 0.05) is 44.6 Å². The summed E-state index contributed by atoms with van der Waals surface area (Å²) in [5.74, 6) is -0.640. The molecule has 4 rings (SSSR count). The highest BCUT2D eigenvalue weighted by molar-refractivity contribution is 5.93. The van der Waals surface area contributed by atoms with Crippen molar-refractivity contribution in [2.75, 3.05) is 31.1 Å². The number of aromatic nitrogens is 3. The number of nitrogens with zero attached hydrogens (tertiary/aromatic N) is 5. The minimum Gasteiger partial charge on any atom is -0.368 e. The Balaban J connectivity index is 1.57. The average molecular weight is 381 g/mol. The summed E-state index contributed by atoms with van der Waals surface area (Å²) in [6.07, 6.45) is 1.60. The standard InChI is InChI=1S/C20H20FN5O2/c1-2-26-18-16(4-3-9-22-18)23-17(20(26)28)19(27)25-12-10-24(11-13-25)15-7-5-14(21)6-8-15/h3-9H,2,10-13H2,1H3. The van der Waals surface area contributed by atoms with Gasteiger partial charge < -0.3 is 9.80 Å². The highest BCUT2D eigenvalue weighted by Gasteiger charge is 2.26. The number of hydrogen-bond acceptors (Lipinski definition) is 5. The van der Waals surface area contributed by atoms with Gasteiger partial charge in [-0.15, -0.1) is 0 Å². The van der Waals surface area contributed by atoms with E-state index in [2.05, 4.69) is 14.9 Å². The van der Waals surface area contributed by atoms with Crippen molar-refractivity contribution in [2.24, 2.45) is 0 Å². The maximum absolute atomic E-state index is 13.1. The zero-order valence-electron chi connectivity index (χ0n) is 15.5. The Morgan fingerprint density at radius 2 is 1.82 bits per heavy atom. The third-order valence-electron chi connectivity index (χ3n) is 4.98. The predicted molar refractivity (Wildman–Crippen MR) is 104 cm³/mol. The van der Waals surface area contributed by atoms with Crippen LogP contribution >= 0.6 is 0 Å². The lowest BCUT2D eigenvalue weighted by Gasteiger charge is -2.35. The number of piperazine rings is 1. The monoisotopic (exact) mass is 381 g/mol. The number of fused-ring (bicyclic) bond motifs is 1. The summed E-state index contributed by atoms with van der Waals surface area (Å²) in [6.45, 7) is 4.39. The van der Waals surface area contributed by atoms with E-state index in [1.54, 1.807) is 35.4 Å². The van der Waals surface area contributed by atoms with Crippen molar-refractivity contribution >= 4 is 22.8 Å². The molecule has 0 atom stereocenters. The van der Waals surface area contributed by atoms with Crippen LogP contribution in [-0.2, 0) is 6.54 Å². The SMILES string of the molecule is CCn1c(=O)c(C(=O)N2CCN(c3ccc(F)cc3)CC2)nc2cccnc21. The van der Waals surface area contributed by atoms with Gasteiger partial charge in [0.05, 0.1) is 0 Å². The van der Waals surface area contributed by atoms with Crippen LogP contribution in [0, 0.1) is 5.82 Å². The van der Waals surface area contributed by atoms with Gasteiger partial charge in [-0.1, -0.05) is 0 Å². The fourth-order valence-electron chi connectivity index (χ4n) is 3.48. The number of halogens is 1. The number of anilines is 1. The van der Waals surface area contributed by atoms with Crippen LogP contribution in [0.3, 0.4) is 0 Å². The molecule has 28 heavy (non-hydrogen) atoms. The fourth-order valence-corrected chi connectivity index (χ4v) is 3.48. The second-order valence-corrected chi connectivity index (χ2v) is 6.61. The number of carbonyl (C=O) groups is 1. The highest BCUT2D eigenvalue weighted by atomic mass is 19.1. The molecule has 1 aliphatic heterocycles. The molecule has 0 N–H and O–H groups in total. The predicted octanol–water partition coefficient (Wildman–Crippen LogP) is 1.91. The fraction of sp³-hybridized carbons (Fsp3) is 0.300. The van der Waals surface area contributed by atoms with E-state index >= 15 is 0 Å². The molecule has 1 amide bonds. The zero-order chi connectivity index (χ0) is 19.7. The van der Waals surface area contributed by atoms with E-state index in [9.17, 15) is 14.0 Å². The molecular weight excluding hydrogens is 361 g/mol. The number of benzene rings is 1. The zero-order valence-corrected chi connectivity index (χ0v) is 15.5. The molecule has 1 aliphatic rings. The van der Waals surface area contributed by atoms with Crippen LogP contribution < -0.4 is 10.5 Å².